The Morgan fingerprint density at radius 1 is 1.12 bits per heavy atom. The van der Waals surface area contributed by atoms with E-state index in [2.05, 4.69) is 15.8 Å². The zero-order valence-corrected chi connectivity index (χ0v) is 9.98. The molecule has 0 atom stereocenters. The first kappa shape index (κ1) is 11.9. The molecule has 2 N–H and O–H groups in total. The third-order valence-electron chi connectivity index (χ3n) is 2.94. The first-order valence-electron chi connectivity index (χ1n) is 6.17. The lowest BCUT2D eigenvalue weighted by molar-refractivity contribution is -0.121. The van der Waals surface area contributed by atoms with Crippen molar-refractivity contribution in [3.05, 3.63) is 30.3 Å². The van der Waals surface area contributed by atoms with Crippen LogP contribution in [0.2, 0.25) is 0 Å². The van der Waals surface area contributed by atoms with E-state index in [1.165, 1.54) is 19.3 Å². The number of anilines is 1. The molecule has 1 heterocycles. The van der Waals surface area contributed by atoms with Crippen LogP contribution in [0.3, 0.4) is 0 Å². The van der Waals surface area contributed by atoms with Crippen LogP contribution in [0.15, 0.2) is 30.3 Å². The van der Waals surface area contributed by atoms with Crippen LogP contribution >= 0.6 is 0 Å². The van der Waals surface area contributed by atoms with Gasteiger partial charge in [-0.05, 0) is 38.1 Å². The van der Waals surface area contributed by atoms with Crippen molar-refractivity contribution in [1.29, 1.82) is 0 Å². The number of hydrogen-bond acceptors (Lipinski definition) is 3. The second-order valence-corrected chi connectivity index (χ2v) is 4.38. The molecule has 2 rings (SSSR count). The number of rotatable bonds is 4. The molecule has 1 aliphatic rings. The van der Waals surface area contributed by atoms with Crippen LogP contribution < -0.4 is 10.9 Å². The molecule has 0 saturated carbocycles. The smallest absolute Gasteiger partial charge is 0.252 e. The fraction of sp³-hybridized carbons (Fsp3) is 0.462. The molecule has 4 heteroatoms. The molecule has 0 radical (unpaired) electrons. The van der Waals surface area contributed by atoms with Crippen molar-refractivity contribution in [1.82, 2.24) is 10.3 Å². The number of nitrogens with one attached hydrogen (secondary N) is 2. The molecule has 1 amide bonds. The zero-order chi connectivity index (χ0) is 11.9. The van der Waals surface area contributed by atoms with Gasteiger partial charge >= 0.3 is 0 Å². The van der Waals surface area contributed by atoms with Gasteiger partial charge in [-0.2, -0.15) is 0 Å². The highest BCUT2D eigenvalue weighted by Crippen LogP contribution is 2.07. The Kier molecular flexibility index (Phi) is 4.38. The Balaban J connectivity index is 1.70. The number of amides is 1. The quantitative estimate of drug-likeness (QED) is 0.777. The average molecular weight is 233 g/mol. The number of para-hydroxylation sites is 1. The predicted molar refractivity (Wildman–Crippen MR) is 68.5 cm³/mol. The summed E-state index contributed by atoms with van der Waals surface area (Å²) in [6, 6.07) is 9.64. The third-order valence-corrected chi connectivity index (χ3v) is 2.94. The molecule has 0 aliphatic carbocycles. The van der Waals surface area contributed by atoms with E-state index in [-0.39, 0.29) is 5.91 Å². The SMILES string of the molecule is O=C(CN1CCCCC1)NNc1ccccc1. The number of benzene rings is 1. The molecule has 0 unspecified atom stereocenters. The lowest BCUT2D eigenvalue weighted by atomic mass is 10.1. The van der Waals surface area contributed by atoms with Crippen LogP contribution in [0.5, 0.6) is 0 Å². The van der Waals surface area contributed by atoms with Gasteiger partial charge in [0, 0.05) is 0 Å². The molecule has 1 aliphatic heterocycles. The number of likely N-dealkylation sites (tertiary alicyclic amines) is 1. The summed E-state index contributed by atoms with van der Waals surface area (Å²) in [5.74, 6) is 0.0238. The van der Waals surface area contributed by atoms with E-state index >= 15 is 0 Å². The Bertz CT molecular complexity index is 347. The van der Waals surface area contributed by atoms with E-state index in [0.717, 1.165) is 18.8 Å². The Labute approximate surface area is 102 Å². The van der Waals surface area contributed by atoms with Crippen LogP contribution in [-0.4, -0.2) is 30.4 Å². The molecule has 0 aromatic heterocycles. The molecule has 1 aromatic rings. The number of hydrazine groups is 1. The summed E-state index contributed by atoms with van der Waals surface area (Å²) in [7, 11) is 0. The van der Waals surface area contributed by atoms with Gasteiger partial charge in [-0.3, -0.25) is 20.5 Å². The lowest BCUT2D eigenvalue weighted by Crippen LogP contribution is -2.41. The second kappa shape index (κ2) is 6.25. The highest BCUT2D eigenvalue weighted by atomic mass is 16.2. The minimum Gasteiger partial charge on any atom is -0.299 e. The molecule has 1 fully saturated rings. The number of piperidine rings is 1. The highest BCUT2D eigenvalue weighted by Gasteiger charge is 2.13. The van der Waals surface area contributed by atoms with Crippen LogP contribution in [0, 0.1) is 0 Å². The highest BCUT2D eigenvalue weighted by molar-refractivity contribution is 5.79. The molecule has 0 spiro atoms. The maximum atomic E-state index is 11.7. The summed E-state index contributed by atoms with van der Waals surface area (Å²) in [6.45, 7) is 2.57. The van der Waals surface area contributed by atoms with Gasteiger partial charge in [-0.1, -0.05) is 24.6 Å². The molecular formula is C13H19N3O. The van der Waals surface area contributed by atoms with E-state index in [1.807, 2.05) is 30.3 Å². The van der Waals surface area contributed by atoms with Crippen LogP contribution in [0.25, 0.3) is 0 Å². The van der Waals surface area contributed by atoms with E-state index in [9.17, 15) is 4.79 Å². The molecular weight excluding hydrogens is 214 g/mol. The van der Waals surface area contributed by atoms with Gasteiger partial charge in [-0.25, -0.2) is 0 Å². The summed E-state index contributed by atoms with van der Waals surface area (Å²) in [6.07, 6.45) is 3.71. The maximum Gasteiger partial charge on any atom is 0.252 e. The topological polar surface area (TPSA) is 44.4 Å². The van der Waals surface area contributed by atoms with Crippen LogP contribution in [0.1, 0.15) is 19.3 Å². The van der Waals surface area contributed by atoms with Gasteiger partial charge in [-0.15, -0.1) is 0 Å². The molecule has 17 heavy (non-hydrogen) atoms. The lowest BCUT2D eigenvalue weighted by Gasteiger charge is -2.25. The third kappa shape index (κ3) is 4.07. The summed E-state index contributed by atoms with van der Waals surface area (Å²) >= 11 is 0. The maximum absolute atomic E-state index is 11.7. The standard InChI is InChI=1S/C13H19N3O/c17-13(11-16-9-5-2-6-10-16)15-14-12-7-3-1-4-8-12/h1,3-4,7-8,14H,2,5-6,9-11H2,(H,15,17). The predicted octanol–water partition coefficient (Wildman–Crippen LogP) is 1.62. The minimum atomic E-state index is 0.0238. The minimum absolute atomic E-state index is 0.0238. The largest absolute Gasteiger partial charge is 0.299 e. The fourth-order valence-electron chi connectivity index (χ4n) is 2.02. The van der Waals surface area contributed by atoms with E-state index in [0.29, 0.717) is 6.54 Å². The van der Waals surface area contributed by atoms with Gasteiger partial charge in [0.05, 0.1) is 12.2 Å². The van der Waals surface area contributed by atoms with E-state index < -0.39 is 0 Å². The molecule has 1 aromatic carbocycles. The number of carbonyl (C=O) groups excluding carboxylic acids is 1. The molecule has 1 saturated heterocycles. The van der Waals surface area contributed by atoms with Crippen molar-refractivity contribution in [3.63, 3.8) is 0 Å². The zero-order valence-electron chi connectivity index (χ0n) is 9.98. The average Bonchev–Trinajstić information content (AvgIpc) is 2.39. The molecule has 92 valence electrons. The Morgan fingerprint density at radius 3 is 2.53 bits per heavy atom. The van der Waals surface area contributed by atoms with Gasteiger partial charge < -0.3 is 0 Å². The van der Waals surface area contributed by atoms with Gasteiger partial charge in [0.25, 0.3) is 5.91 Å². The van der Waals surface area contributed by atoms with E-state index in [4.69, 9.17) is 0 Å². The monoisotopic (exact) mass is 233 g/mol. The number of carbonyl (C=O) groups is 1. The van der Waals surface area contributed by atoms with Crippen molar-refractivity contribution < 1.29 is 4.79 Å². The van der Waals surface area contributed by atoms with Crippen molar-refractivity contribution in [2.45, 2.75) is 19.3 Å². The number of nitrogens with zero attached hydrogens (tertiary/aromatic N) is 1. The summed E-state index contributed by atoms with van der Waals surface area (Å²) in [5.41, 5.74) is 6.53. The van der Waals surface area contributed by atoms with Crippen molar-refractivity contribution in [3.8, 4) is 0 Å². The second-order valence-electron chi connectivity index (χ2n) is 4.38. The first-order chi connectivity index (χ1) is 8.34. The van der Waals surface area contributed by atoms with Crippen molar-refractivity contribution >= 4 is 11.6 Å². The summed E-state index contributed by atoms with van der Waals surface area (Å²) < 4.78 is 0. The van der Waals surface area contributed by atoms with Crippen molar-refractivity contribution in [2.75, 3.05) is 25.1 Å². The van der Waals surface area contributed by atoms with Crippen LogP contribution in [-0.2, 0) is 4.79 Å². The van der Waals surface area contributed by atoms with Gasteiger partial charge in [0.2, 0.25) is 0 Å². The van der Waals surface area contributed by atoms with E-state index in [1.54, 1.807) is 0 Å². The fourth-order valence-corrected chi connectivity index (χ4v) is 2.02. The Hall–Kier alpha value is -1.55. The first-order valence-corrected chi connectivity index (χ1v) is 6.17. The van der Waals surface area contributed by atoms with Gasteiger partial charge in [0.1, 0.15) is 0 Å². The Morgan fingerprint density at radius 2 is 1.82 bits per heavy atom. The molecule has 4 nitrogen and oxygen atoms in total. The summed E-state index contributed by atoms with van der Waals surface area (Å²) in [4.78, 5) is 13.9. The van der Waals surface area contributed by atoms with Crippen LogP contribution in [0.4, 0.5) is 5.69 Å². The molecule has 0 bridgehead atoms. The normalized spacial score (nSPS) is 16.5. The summed E-state index contributed by atoms with van der Waals surface area (Å²) in [5, 5.41) is 0. The van der Waals surface area contributed by atoms with Gasteiger partial charge in [0.15, 0.2) is 0 Å². The number of hydrogen-bond donors (Lipinski definition) is 2. The van der Waals surface area contributed by atoms with Crippen molar-refractivity contribution in [2.24, 2.45) is 0 Å².